The first-order valence-corrected chi connectivity index (χ1v) is 10.5. The highest BCUT2D eigenvalue weighted by Crippen LogP contribution is 2.46. The fraction of sp³-hybridized carbons (Fsp3) is 0.250. The standard InChI is InChI=1S/C24H21F3N4O2/c1-31-11-17(29-12-31)10-28-24(32)33-18-6-14(7-18)21-19-8-16(26)9-20(27)23(19)30-22(21)13-2-4-15(25)5-3-13/h2-5,8-9,11-12,14,18,30H,6-7,10H2,1H3,(H,28,32). The van der Waals surface area contributed by atoms with E-state index in [9.17, 15) is 18.0 Å². The molecule has 0 saturated heterocycles. The van der Waals surface area contributed by atoms with Crippen LogP contribution < -0.4 is 5.32 Å². The largest absolute Gasteiger partial charge is 0.446 e. The molecule has 0 spiro atoms. The maximum atomic E-state index is 14.5. The number of rotatable bonds is 5. The van der Waals surface area contributed by atoms with Gasteiger partial charge in [0.05, 0.1) is 29.8 Å². The number of hydrogen-bond acceptors (Lipinski definition) is 3. The molecule has 0 bridgehead atoms. The number of carbonyl (C=O) groups excluding carboxylic acids is 1. The second-order valence-corrected chi connectivity index (χ2v) is 8.31. The Morgan fingerprint density at radius 3 is 2.64 bits per heavy atom. The highest BCUT2D eigenvalue weighted by molar-refractivity contribution is 5.92. The molecular formula is C24H21F3N4O2. The molecule has 0 unspecified atom stereocenters. The van der Waals surface area contributed by atoms with Crippen LogP contribution in [0.1, 0.15) is 30.0 Å². The summed E-state index contributed by atoms with van der Waals surface area (Å²) in [5.74, 6) is -1.83. The summed E-state index contributed by atoms with van der Waals surface area (Å²) in [5, 5.41) is 3.11. The molecule has 4 aromatic rings. The number of alkyl carbamates (subject to hydrolysis) is 1. The van der Waals surface area contributed by atoms with Crippen LogP contribution in [0.4, 0.5) is 18.0 Å². The Balaban J connectivity index is 1.34. The number of aromatic amines is 1. The van der Waals surface area contributed by atoms with Gasteiger partial charge >= 0.3 is 6.09 Å². The fourth-order valence-corrected chi connectivity index (χ4v) is 4.32. The lowest BCUT2D eigenvalue weighted by atomic mass is 9.75. The van der Waals surface area contributed by atoms with Gasteiger partial charge in [-0.2, -0.15) is 0 Å². The van der Waals surface area contributed by atoms with Crippen molar-refractivity contribution in [2.24, 2.45) is 7.05 Å². The zero-order valence-electron chi connectivity index (χ0n) is 17.7. The molecule has 9 heteroatoms. The van der Waals surface area contributed by atoms with E-state index in [1.54, 1.807) is 29.2 Å². The number of nitrogens with zero attached hydrogens (tertiary/aromatic N) is 2. The first-order valence-electron chi connectivity index (χ1n) is 10.5. The summed E-state index contributed by atoms with van der Waals surface area (Å²) in [5.41, 5.74) is 2.93. The van der Waals surface area contributed by atoms with Crippen molar-refractivity contribution in [3.8, 4) is 11.3 Å². The minimum Gasteiger partial charge on any atom is -0.446 e. The third kappa shape index (κ3) is 4.18. The summed E-state index contributed by atoms with van der Waals surface area (Å²) in [7, 11) is 1.84. The summed E-state index contributed by atoms with van der Waals surface area (Å²) in [6.45, 7) is 0.255. The number of H-pyrrole nitrogens is 1. The smallest absolute Gasteiger partial charge is 0.407 e. The SMILES string of the molecule is Cn1cnc(CNC(=O)OC2CC(c3c(-c4ccc(F)cc4)[nH]c4c(F)cc(F)cc34)C2)c1. The minimum atomic E-state index is -0.694. The van der Waals surface area contributed by atoms with Crippen LogP contribution in [0.5, 0.6) is 0 Å². The molecule has 2 aromatic heterocycles. The van der Waals surface area contributed by atoms with E-state index in [1.807, 2.05) is 7.05 Å². The number of hydrogen-bond donors (Lipinski definition) is 2. The Morgan fingerprint density at radius 1 is 1.18 bits per heavy atom. The van der Waals surface area contributed by atoms with Gasteiger partial charge in [0.2, 0.25) is 0 Å². The van der Waals surface area contributed by atoms with Crippen LogP contribution in [0.25, 0.3) is 22.2 Å². The number of benzene rings is 2. The Morgan fingerprint density at radius 2 is 1.94 bits per heavy atom. The van der Waals surface area contributed by atoms with Crippen LogP contribution in [0.3, 0.4) is 0 Å². The van der Waals surface area contributed by atoms with E-state index in [1.165, 1.54) is 18.2 Å². The van der Waals surface area contributed by atoms with E-state index < -0.39 is 17.7 Å². The van der Waals surface area contributed by atoms with E-state index >= 15 is 0 Å². The lowest BCUT2D eigenvalue weighted by Gasteiger charge is -2.35. The molecule has 5 rings (SSSR count). The zero-order chi connectivity index (χ0) is 23.1. The van der Waals surface area contributed by atoms with Gasteiger partial charge in [-0.15, -0.1) is 0 Å². The molecule has 1 amide bonds. The van der Waals surface area contributed by atoms with E-state index in [0.29, 0.717) is 35.2 Å². The molecular weight excluding hydrogens is 433 g/mol. The number of carbonyl (C=O) groups is 1. The van der Waals surface area contributed by atoms with Crippen LogP contribution in [-0.2, 0) is 18.3 Å². The Hall–Kier alpha value is -3.75. The maximum absolute atomic E-state index is 14.5. The fourth-order valence-electron chi connectivity index (χ4n) is 4.32. The highest BCUT2D eigenvalue weighted by Gasteiger charge is 2.37. The lowest BCUT2D eigenvalue weighted by Crippen LogP contribution is -2.36. The van der Waals surface area contributed by atoms with Gasteiger partial charge in [0.15, 0.2) is 0 Å². The molecule has 1 saturated carbocycles. The maximum Gasteiger partial charge on any atom is 0.407 e. The topological polar surface area (TPSA) is 71.9 Å². The summed E-state index contributed by atoms with van der Waals surface area (Å²) in [6.07, 6.45) is 3.60. The predicted octanol–water partition coefficient (Wildman–Crippen LogP) is 5.16. The van der Waals surface area contributed by atoms with Crippen molar-refractivity contribution in [1.82, 2.24) is 19.9 Å². The zero-order valence-corrected chi connectivity index (χ0v) is 17.7. The van der Waals surface area contributed by atoms with Crippen LogP contribution in [-0.4, -0.2) is 26.7 Å². The molecule has 0 aliphatic heterocycles. The van der Waals surface area contributed by atoms with E-state index in [0.717, 1.165) is 11.6 Å². The van der Waals surface area contributed by atoms with E-state index in [4.69, 9.17) is 4.74 Å². The molecule has 2 N–H and O–H groups in total. The summed E-state index contributed by atoms with van der Waals surface area (Å²) < 4.78 is 49.2. The van der Waals surface area contributed by atoms with Crippen LogP contribution in [0, 0.1) is 17.5 Å². The third-order valence-corrected chi connectivity index (χ3v) is 5.95. The summed E-state index contributed by atoms with van der Waals surface area (Å²) in [4.78, 5) is 19.3. The van der Waals surface area contributed by atoms with Gasteiger partial charge in [0.25, 0.3) is 0 Å². The van der Waals surface area contributed by atoms with Crippen molar-refractivity contribution in [3.05, 3.63) is 77.6 Å². The first-order chi connectivity index (χ1) is 15.9. The van der Waals surface area contributed by atoms with Gasteiger partial charge < -0.3 is 19.6 Å². The minimum absolute atomic E-state index is 0.0754. The number of aryl methyl sites for hydroxylation is 1. The molecule has 1 fully saturated rings. The summed E-state index contributed by atoms with van der Waals surface area (Å²) in [6, 6.07) is 7.95. The number of nitrogens with one attached hydrogen (secondary N) is 2. The molecule has 2 heterocycles. The van der Waals surface area contributed by atoms with Crippen LogP contribution in [0.2, 0.25) is 0 Å². The van der Waals surface area contributed by atoms with E-state index in [-0.39, 0.29) is 29.9 Å². The quantitative estimate of drug-likeness (QED) is 0.438. The van der Waals surface area contributed by atoms with Gasteiger partial charge in [0, 0.05) is 24.7 Å². The molecule has 1 aliphatic carbocycles. The molecule has 6 nitrogen and oxygen atoms in total. The lowest BCUT2D eigenvalue weighted by molar-refractivity contribution is 0.0396. The Bertz CT molecular complexity index is 1320. The van der Waals surface area contributed by atoms with Crippen molar-refractivity contribution in [2.45, 2.75) is 31.4 Å². The first kappa shape index (κ1) is 21.1. The number of fused-ring (bicyclic) bond motifs is 1. The molecule has 0 atom stereocenters. The number of ether oxygens (including phenoxy) is 1. The Kier molecular flexibility index (Phi) is 5.32. The molecule has 2 aromatic carbocycles. The normalized spacial score (nSPS) is 17.7. The van der Waals surface area contributed by atoms with Gasteiger partial charge in [-0.1, -0.05) is 0 Å². The third-order valence-electron chi connectivity index (χ3n) is 5.95. The average Bonchev–Trinajstić information content (AvgIpc) is 3.33. The monoisotopic (exact) mass is 454 g/mol. The molecule has 1 aliphatic rings. The number of imidazole rings is 1. The van der Waals surface area contributed by atoms with Gasteiger partial charge in [-0.3, -0.25) is 0 Å². The predicted molar refractivity (Wildman–Crippen MR) is 116 cm³/mol. The second kappa shape index (κ2) is 8.31. The Labute approximate surface area is 187 Å². The average molecular weight is 454 g/mol. The molecule has 170 valence electrons. The van der Waals surface area contributed by atoms with Crippen molar-refractivity contribution < 1.29 is 22.7 Å². The summed E-state index contributed by atoms with van der Waals surface area (Å²) >= 11 is 0. The molecule has 0 radical (unpaired) electrons. The highest BCUT2D eigenvalue weighted by atomic mass is 19.1. The number of halogens is 3. The van der Waals surface area contributed by atoms with Gasteiger partial charge in [-0.05, 0) is 60.2 Å². The number of aromatic nitrogens is 3. The van der Waals surface area contributed by atoms with Crippen molar-refractivity contribution in [1.29, 1.82) is 0 Å². The van der Waals surface area contributed by atoms with E-state index in [2.05, 4.69) is 15.3 Å². The van der Waals surface area contributed by atoms with Crippen LogP contribution in [0.15, 0.2) is 48.9 Å². The molecule has 33 heavy (non-hydrogen) atoms. The van der Waals surface area contributed by atoms with Crippen LogP contribution >= 0.6 is 0 Å². The van der Waals surface area contributed by atoms with Gasteiger partial charge in [-0.25, -0.2) is 22.9 Å². The second-order valence-electron chi connectivity index (χ2n) is 8.31. The number of amides is 1. The van der Waals surface area contributed by atoms with Crippen molar-refractivity contribution in [3.63, 3.8) is 0 Å². The van der Waals surface area contributed by atoms with Crippen molar-refractivity contribution in [2.75, 3.05) is 0 Å². The van der Waals surface area contributed by atoms with Gasteiger partial charge in [0.1, 0.15) is 23.6 Å². The van der Waals surface area contributed by atoms with Crippen molar-refractivity contribution >= 4 is 17.0 Å².